The van der Waals surface area contributed by atoms with E-state index < -0.39 is 0 Å². The average molecular weight is 493 g/mol. The van der Waals surface area contributed by atoms with Gasteiger partial charge in [-0.05, 0) is 49.8 Å². The second-order valence-electron chi connectivity index (χ2n) is 9.50. The maximum Gasteiger partial charge on any atom is 0.246 e. The molecule has 0 saturated heterocycles. The molecular weight excluding hydrogens is 467 g/mol. The molecule has 0 fully saturated rings. The number of carbonyl (C=O) groups excluding carboxylic acids is 1. The highest BCUT2D eigenvalue weighted by Crippen LogP contribution is 2.49. The van der Waals surface area contributed by atoms with Gasteiger partial charge < -0.3 is 15.2 Å². The molecule has 0 bridgehead atoms. The van der Waals surface area contributed by atoms with Crippen molar-refractivity contribution in [1.82, 2.24) is 24.4 Å². The Bertz CT molecular complexity index is 1720. The fourth-order valence-electron chi connectivity index (χ4n) is 5.55. The first-order valence-electron chi connectivity index (χ1n) is 12.1. The van der Waals surface area contributed by atoms with E-state index in [1.165, 1.54) is 24.5 Å². The van der Waals surface area contributed by atoms with Gasteiger partial charge in [-0.1, -0.05) is 30.8 Å². The first-order chi connectivity index (χ1) is 17.9. The van der Waals surface area contributed by atoms with Crippen LogP contribution in [0.4, 0.5) is 10.2 Å². The van der Waals surface area contributed by atoms with Gasteiger partial charge in [-0.2, -0.15) is 0 Å². The van der Waals surface area contributed by atoms with Crippen LogP contribution < -0.4 is 5.73 Å². The molecule has 2 aromatic carbocycles. The summed E-state index contributed by atoms with van der Waals surface area (Å²) in [5.74, 6) is -0.236. The number of halogens is 1. The molecule has 1 atom stereocenters. The van der Waals surface area contributed by atoms with E-state index in [9.17, 15) is 9.18 Å². The minimum atomic E-state index is -0.371. The predicted octanol–water partition coefficient (Wildman–Crippen LogP) is 5.51. The lowest BCUT2D eigenvalue weighted by Gasteiger charge is -2.39. The molecule has 0 spiro atoms. The van der Waals surface area contributed by atoms with Gasteiger partial charge in [0.2, 0.25) is 5.91 Å². The van der Waals surface area contributed by atoms with E-state index >= 15 is 0 Å². The van der Waals surface area contributed by atoms with E-state index in [-0.39, 0.29) is 23.8 Å². The van der Waals surface area contributed by atoms with Crippen molar-refractivity contribution in [3.05, 3.63) is 85.1 Å². The zero-order valence-corrected chi connectivity index (χ0v) is 20.5. The molecule has 7 nitrogen and oxygen atoms in total. The van der Waals surface area contributed by atoms with Crippen molar-refractivity contribution in [3.8, 4) is 22.4 Å². The molecule has 6 rings (SSSR count). The number of amides is 1. The summed E-state index contributed by atoms with van der Waals surface area (Å²) < 4.78 is 16.8. The smallest absolute Gasteiger partial charge is 0.246 e. The van der Waals surface area contributed by atoms with Crippen molar-refractivity contribution in [2.75, 3.05) is 5.73 Å². The lowest BCUT2D eigenvalue weighted by atomic mass is 9.89. The number of para-hydroxylation sites is 1. The van der Waals surface area contributed by atoms with Crippen LogP contribution >= 0.6 is 0 Å². The molecular formula is C29H25FN6O. The minimum Gasteiger partial charge on any atom is -0.383 e. The summed E-state index contributed by atoms with van der Waals surface area (Å²) in [5.41, 5.74) is 11.9. The van der Waals surface area contributed by atoms with Crippen LogP contribution in [0.1, 0.15) is 25.5 Å². The molecule has 2 N–H and O–H groups in total. The normalized spacial score (nSPS) is 14.5. The van der Waals surface area contributed by atoms with Crippen molar-refractivity contribution in [2.45, 2.75) is 32.5 Å². The van der Waals surface area contributed by atoms with E-state index in [2.05, 4.69) is 27.6 Å². The summed E-state index contributed by atoms with van der Waals surface area (Å²) >= 11 is 0. The molecule has 0 aliphatic carbocycles. The van der Waals surface area contributed by atoms with E-state index in [0.717, 1.165) is 33.3 Å². The van der Waals surface area contributed by atoms with Crippen molar-refractivity contribution in [3.63, 3.8) is 0 Å². The summed E-state index contributed by atoms with van der Waals surface area (Å²) in [4.78, 5) is 28.3. The molecule has 0 saturated carbocycles. The Labute approximate surface area is 213 Å². The third-order valence-corrected chi connectivity index (χ3v) is 7.05. The number of nitrogen functional groups attached to an aromatic ring is 1. The van der Waals surface area contributed by atoms with Crippen LogP contribution in [0.15, 0.2) is 73.7 Å². The highest BCUT2D eigenvalue weighted by atomic mass is 19.1. The summed E-state index contributed by atoms with van der Waals surface area (Å²) in [6, 6.07) is 14.2. The topological polar surface area (TPSA) is 89.9 Å². The number of hydrogen-bond donors (Lipinski definition) is 1. The number of nitrogens with zero attached hydrogens (tertiary/aromatic N) is 5. The zero-order valence-electron chi connectivity index (χ0n) is 20.5. The zero-order chi connectivity index (χ0) is 25.8. The Balaban J connectivity index is 1.70. The second kappa shape index (κ2) is 8.51. The lowest BCUT2D eigenvalue weighted by Crippen LogP contribution is -2.42. The van der Waals surface area contributed by atoms with Gasteiger partial charge in [0, 0.05) is 40.9 Å². The summed E-state index contributed by atoms with van der Waals surface area (Å²) in [6.07, 6.45) is 4.55. The van der Waals surface area contributed by atoms with Crippen molar-refractivity contribution < 1.29 is 9.18 Å². The molecule has 1 aliphatic heterocycles. The highest BCUT2D eigenvalue weighted by molar-refractivity contribution is 6.09. The maximum absolute atomic E-state index is 14.8. The van der Waals surface area contributed by atoms with Crippen molar-refractivity contribution in [1.29, 1.82) is 0 Å². The van der Waals surface area contributed by atoms with Gasteiger partial charge in [-0.15, -0.1) is 0 Å². The van der Waals surface area contributed by atoms with Crippen molar-refractivity contribution >= 4 is 33.7 Å². The van der Waals surface area contributed by atoms with Crippen LogP contribution in [-0.2, 0) is 11.3 Å². The predicted molar refractivity (Wildman–Crippen MR) is 143 cm³/mol. The molecule has 4 heterocycles. The van der Waals surface area contributed by atoms with Crippen LogP contribution in [0.25, 0.3) is 44.3 Å². The number of anilines is 1. The molecule has 0 unspecified atom stereocenters. The highest BCUT2D eigenvalue weighted by Gasteiger charge is 2.36. The molecule has 1 aliphatic rings. The monoisotopic (exact) mass is 492 g/mol. The Kier molecular flexibility index (Phi) is 5.26. The van der Waals surface area contributed by atoms with Gasteiger partial charge >= 0.3 is 0 Å². The first-order valence-corrected chi connectivity index (χ1v) is 12.1. The fraction of sp³-hybridized carbons (Fsp3) is 0.172. The average Bonchev–Trinajstić information content (AvgIpc) is 3.24. The van der Waals surface area contributed by atoms with Crippen LogP contribution in [0.2, 0.25) is 0 Å². The van der Waals surface area contributed by atoms with Crippen LogP contribution in [0, 0.1) is 5.82 Å². The Hall–Kier alpha value is -4.59. The van der Waals surface area contributed by atoms with Gasteiger partial charge in [0.1, 0.15) is 23.6 Å². The standard InChI is InChI=1S/C29H25FN6O/c1-4-24(37)36(16(2)3)23-14-35-27(21-12-19(30)9-10-20(21)23)25(26-28(31)33-15-34-29(26)35)18-11-17-7-5-6-8-22(17)32-13-18/h4-13,15-16,23H,1,14H2,2-3H3,(H2,31,33,34)/t23-/m0/s1. The molecule has 37 heavy (non-hydrogen) atoms. The number of benzene rings is 2. The van der Waals surface area contributed by atoms with E-state index in [0.29, 0.717) is 29.0 Å². The number of fused-ring (bicyclic) bond motifs is 6. The molecule has 5 aromatic rings. The van der Waals surface area contributed by atoms with Gasteiger partial charge in [0.15, 0.2) is 0 Å². The number of carbonyl (C=O) groups is 1. The van der Waals surface area contributed by atoms with Gasteiger partial charge in [0.25, 0.3) is 0 Å². The van der Waals surface area contributed by atoms with E-state index in [1.54, 1.807) is 17.2 Å². The third kappa shape index (κ3) is 3.48. The van der Waals surface area contributed by atoms with E-state index in [1.807, 2.05) is 42.7 Å². The van der Waals surface area contributed by atoms with Gasteiger partial charge in [-0.3, -0.25) is 9.78 Å². The summed E-state index contributed by atoms with van der Waals surface area (Å²) in [6.45, 7) is 8.03. The molecule has 184 valence electrons. The quantitative estimate of drug-likeness (QED) is 0.334. The lowest BCUT2D eigenvalue weighted by molar-refractivity contribution is -0.130. The maximum atomic E-state index is 14.8. The number of pyridine rings is 1. The summed E-state index contributed by atoms with van der Waals surface area (Å²) in [7, 11) is 0. The Morgan fingerprint density at radius 1 is 1.19 bits per heavy atom. The molecule has 8 heteroatoms. The van der Waals surface area contributed by atoms with Crippen LogP contribution in [0.3, 0.4) is 0 Å². The Morgan fingerprint density at radius 2 is 2.00 bits per heavy atom. The third-order valence-electron chi connectivity index (χ3n) is 7.05. The number of hydrogen-bond acceptors (Lipinski definition) is 5. The summed E-state index contributed by atoms with van der Waals surface area (Å²) in [5, 5.41) is 1.65. The van der Waals surface area contributed by atoms with Crippen LogP contribution in [0.5, 0.6) is 0 Å². The SMILES string of the molecule is C=CC(=O)N(C(C)C)[C@H]1Cn2c(c(-c3cnc4ccccc4c3)c3c(N)ncnc32)-c2cc(F)ccc21. The number of aromatic nitrogens is 4. The molecule has 3 aromatic heterocycles. The number of rotatable bonds is 4. The fourth-order valence-corrected chi connectivity index (χ4v) is 5.55. The molecule has 0 radical (unpaired) electrons. The second-order valence-corrected chi connectivity index (χ2v) is 9.50. The van der Waals surface area contributed by atoms with Gasteiger partial charge in [0.05, 0.1) is 22.6 Å². The van der Waals surface area contributed by atoms with Crippen LogP contribution in [-0.4, -0.2) is 36.4 Å². The Morgan fingerprint density at radius 3 is 2.78 bits per heavy atom. The number of nitrogens with two attached hydrogens (primary N) is 1. The molecule has 1 amide bonds. The first kappa shape index (κ1) is 22.8. The van der Waals surface area contributed by atoms with Crippen molar-refractivity contribution in [2.24, 2.45) is 0 Å². The minimum absolute atomic E-state index is 0.111. The largest absolute Gasteiger partial charge is 0.383 e. The van der Waals surface area contributed by atoms with Gasteiger partial charge in [-0.25, -0.2) is 14.4 Å². The van der Waals surface area contributed by atoms with E-state index in [4.69, 9.17) is 5.73 Å².